The Kier molecular flexibility index (Phi) is 10.9. The highest BCUT2D eigenvalue weighted by molar-refractivity contribution is 6.07. The van der Waals surface area contributed by atoms with E-state index in [0.29, 0.717) is 65.6 Å². The lowest BCUT2D eigenvalue weighted by Gasteiger charge is -2.46. The molecule has 246 valence electrons. The lowest BCUT2D eigenvalue weighted by molar-refractivity contribution is -0.00793. The number of ether oxygens (including phenoxy) is 4. The topological polar surface area (TPSA) is 94.5 Å². The number of hydrogen-bond acceptors (Lipinski definition) is 8. The Bertz CT molecular complexity index is 1660. The summed E-state index contributed by atoms with van der Waals surface area (Å²) in [6.07, 6.45) is -0.200. The Hall–Kier alpha value is -4.73. The molecule has 0 radical (unpaired) electrons. The molecule has 4 aromatic rings. The molecule has 1 saturated heterocycles. The largest absolute Gasteiger partial charge is 0.497 e. The number of nitrogens with zero attached hydrogens (tertiary/aromatic N) is 1. The molecule has 5 rings (SSSR count). The Labute approximate surface area is 274 Å². The molecular formula is C38H40FNO7. The van der Waals surface area contributed by atoms with E-state index in [1.165, 1.54) is 26.4 Å². The van der Waals surface area contributed by atoms with Crippen molar-refractivity contribution in [2.45, 2.75) is 25.0 Å². The zero-order chi connectivity index (χ0) is 33.5. The molecule has 1 aliphatic rings. The van der Waals surface area contributed by atoms with Crippen LogP contribution in [0.25, 0.3) is 0 Å². The highest BCUT2D eigenvalue weighted by atomic mass is 19.1. The number of piperidine rings is 1. The molecular weight excluding hydrogens is 601 g/mol. The first-order chi connectivity index (χ1) is 22.8. The minimum atomic E-state index is -1.15. The van der Waals surface area contributed by atoms with Crippen LogP contribution in [-0.4, -0.2) is 69.1 Å². The molecule has 1 heterocycles. The SMILES string of the molecule is COc1ccc(C(=O)[C@@H]2[C@@H](C(=O)c3ccc(OC)cc3)C([C@H](O)c3cccc(OC)c3OC)CCN2CCc2ccc(F)cc2)cc1. The average Bonchev–Trinajstić information content (AvgIpc) is 3.12. The molecule has 47 heavy (non-hydrogen) atoms. The number of aliphatic hydroxyl groups is 1. The van der Waals surface area contributed by atoms with Crippen LogP contribution in [0.2, 0.25) is 0 Å². The summed E-state index contributed by atoms with van der Waals surface area (Å²) in [4.78, 5) is 31.3. The fourth-order valence-electron chi connectivity index (χ4n) is 6.54. The van der Waals surface area contributed by atoms with Crippen molar-refractivity contribution in [1.29, 1.82) is 0 Å². The van der Waals surface area contributed by atoms with Crippen molar-refractivity contribution in [2.75, 3.05) is 41.5 Å². The van der Waals surface area contributed by atoms with Gasteiger partial charge in [0.05, 0.1) is 46.5 Å². The number of carbonyl (C=O) groups is 2. The number of ketones is 2. The molecule has 1 N–H and O–H groups in total. The monoisotopic (exact) mass is 641 g/mol. The third-order valence-corrected chi connectivity index (χ3v) is 9.02. The Morgan fingerprint density at radius 3 is 1.94 bits per heavy atom. The van der Waals surface area contributed by atoms with E-state index in [0.717, 1.165) is 5.56 Å². The first-order valence-electron chi connectivity index (χ1n) is 15.5. The van der Waals surface area contributed by atoms with Gasteiger partial charge in [0.1, 0.15) is 17.3 Å². The smallest absolute Gasteiger partial charge is 0.180 e. The van der Waals surface area contributed by atoms with Crippen LogP contribution >= 0.6 is 0 Å². The van der Waals surface area contributed by atoms with Gasteiger partial charge in [-0.25, -0.2) is 4.39 Å². The molecule has 4 aromatic carbocycles. The quantitative estimate of drug-likeness (QED) is 0.172. The molecule has 0 aliphatic carbocycles. The summed E-state index contributed by atoms with van der Waals surface area (Å²) >= 11 is 0. The van der Waals surface area contributed by atoms with Crippen molar-refractivity contribution in [3.63, 3.8) is 0 Å². The summed E-state index contributed by atoms with van der Waals surface area (Å²) < 4.78 is 35.5. The van der Waals surface area contributed by atoms with Gasteiger partial charge in [-0.3, -0.25) is 14.5 Å². The van der Waals surface area contributed by atoms with Crippen molar-refractivity contribution in [3.05, 3.63) is 119 Å². The zero-order valence-corrected chi connectivity index (χ0v) is 27.0. The number of halogens is 1. The lowest BCUT2D eigenvalue weighted by Crippen LogP contribution is -2.57. The fraction of sp³-hybridized carbons (Fsp3) is 0.316. The second kappa shape index (κ2) is 15.2. The van der Waals surface area contributed by atoms with Crippen molar-refractivity contribution >= 4 is 11.6 Å². The maximum Gasteiger partial charge on any atom is 0.180 e. The number of para-hydroxylation sites is 1. The summed E-state index contributed by atoms with van der Waals surface area (Å²) in [6.45, 7) is 0.879. The number of carbonyl (C=O) groups excluding carboxylic acids is 2. The molecule has 0 saturated carbocycles. The highest BCUT2D eigenvalue weighted by Crippen LogP contribution is 2.45. The third kappa shape index (κ3) is 7.32. The number of aliphatic hydroxyl groups excluding tert-OH is 1. The Morgan fingerprint density at radius 2 is 1.38 bits per heavy atom. The summed E-state index contributed by atoms with van der Waals surface area (Å²) in [5, 5.41) is 12.1. The van der Waals surface area contributed by atoms with Gasteiger partial charge in [0.2, 0.25) is 0 Å². The maximum atomic E-state index is 14.7. The summed E-state index contributed by atoms with van der Waals surface area (Å²) in [5.41, 5.74) is 2.20. The van der Waals surface area contributed by atoms with Gasteiger partial charge in [-0.15, -0.1) is 0 Å². The van der Waals surface area contributed by atoms with Crippen molar-refractivity contribution in [2.24, 2.45) is 11.8 Å². The Morgan fingerprint density at radius 1 is 0.787 bits per heavy atom. The fourth-order valence-corrected chi connectivity index (χ4v) is 6.54. The van der Waals surface area contributed by atoms with E-state index < -0.39 is 24.0 Å². The molecule has 0 amide bonds. The average molecular weight is 642 g/mol. The van der Waals surface area contributed by atoms with Crippen LogP contribution in [-0.2, 0) is 6.42 Å². The van der Waals surface area contributed by atoms with Gasteiger partial charge < -0.3 is 24.1 Å². The minimum absolute atomic E-state index is 0.242. The second-order valence-corrected chi connectivity index (χ2v) is 11.5. The molecule has 0 spiro atoms. The van der Waals surface area contributed by atoms with Crippen LogP contribution in [0.4, 0.5) is 4.39 Å². The van der Waals surface area contributed by atoms with Crippen LogP contribution in [0.3, 0.4) is 0 Å². The first kappa shape index (κ1) is 33.6. The minimum Gasteiger partial charge on any atom is -0.497 e. The van der Waals surface area contributed by atoms with Crippen LogP contribution < -0.4 is 18.9 Å². The summed E-state index contributed by atoms with van der Waals surface area (Å²) in [6, 6.07) is 24.2. The van der Waals surface area contributed by atoms with E-state index in [4.69, 9.17) is 18.9 Å². The van der Waals surface area contributed by atoms with E-state index in [1.807, 2.05) is 4.90 Å². The Balaban J connectivity index is 1.61. The van der Waals surface area contributed by atoms with Gasteiger partial charge in [-0.2, -0.15) is 0 Å². The number of methoxy groups -OCH3 is 4. The molecule has 4 atom stereocenters. The van der Waals surface area contributed by atoms with Crippen molar-refractivity contribution in [3.8, 4) is 23.0 Å². The first-order valence-corrected chi connectivity index (χ1v) is 15.5. The maximum absolute atomic E-state index is 14.7. The number of Topliss-reactive ketones (excluding diaryl/α,β-unsaturated/α-hetero) is 2. The van der Waals surface area contributed by atoms with Crippen LogP contribution in [0, 0.1) is 17.7 Å². The van der Waals surface area contributed by atoms with Gasteiger partial charge in [-0.05, 0) is 91.7 Å². The standard InChI is InChI=1S/C38H40FNO7/c1-44-28-16-10-25(11-17-28)35(41)33-30(37(43)31-6-5-7-32(46-3)38(31)47-4)21-23-40(22-20-24-8-14-27(39)15-9-24)34(33)36(42)26-12-18-29(45-2)19-13-26/h5-19,30,33-34,37,43H,20-23H2,1-4H3/t30?,33-,34-,37-/m0/s1. The predicted molar refractivity (Wildman–Crippen MR) is 176 cm³/mol. The van der Waals surface area contributed by atoms with Gasteiger partial charge in [0.25, 0.3) is 0 Å². The highest BCUT2D eigenvalue weighted by Gasteiger charge is 2.49. The number of likely N-dealkylation sites (tertiary alicyclic amines) is 1. The number of rotatable bonds is 13. The molecule has 1 unspecified atom stereocenters. The van der Waals surface area contributed by atoms with E-state index in [1.54, 1.807) is 93.1 Å². The van der Waals surface area contributed by atoms with Gasteiger partial charge in [0, 0.05) is 29.2 Å². The van der Waals surface area contributed by atoms with E-state index in [2.05, 4.69) is 0 Å². The molecule has 0 aromatic heterocycles. The zero-order valence-electron chi connectivity index (χ0n) is 27.0. The number of benzene rings is 4. The summed E-state index contributed by atoms with van der Waals surface area (Å²) in [7, 11) is 6.13. The van der Waals surface area contributed by atoms with E-state index in [9.17, 15) is 19.1 Å². The molecule has 8 nitrogen and oxygen atoms in total. The van der Waals surface area contributed by atoms with Crippen molar-refractivity contribution in [1.82, 2.24) is 4.90 Å². The van der Waals surface area contributed by atoms with Crippen LogP contribution in [0.5, 0.6) is 23.0 Å². The third-order valence-electron chi connectivity index (χ3n) is 9.02. The van der Waals surface area contributed by atoms with Crippen molar-refractivity contribution < 1.29 is 38.0 Å². The predicted octanol–water partition coefficient (Wildman–Crippen LogP) is 6.21. The molecule has 9 heteroatoms. The molecule has 1 aliphatic heterocycles. The van der Waals surface area contributed by atoms with Crippen LogP contribution in [0.1, 0.15) is 44.4 Å². The van der Waals surface area contributed by atoms with Gasteiger partial charge >= 0.3 is 0 Å². The second-order valence-electron chi connectivity index (χ2n) is 11.5. The summed E-state index contributed by atoms with van der Waals surface area (Å²) in [5.74, 6) is -0.415. The number of hydrogen-bond donors (Lipinski definition) is 1. The van der Waals surface area contributed by atoms with E-state index >= 15 is 0 Å². The van der Waals surface area contributed by atoms with Crippen LogP contribution in [0.15, 0.2) is 91.0 Å². The molecule has 0 bridgehead atoms. The normalized spacial score (nSPS) is 18.6. The lowest BCUT2D eigenvalue weighted by atomic mass is 9.69. The van der Waals surface area contributed by atoms with E-state index in [-0.39, 0.29) is 17.4 Å². The van der Waals surface area contributed by atoms with Gasteiger partial charge in [-0.1, -0.05) is 24.3 Å². The molecule has 1 fully saturated rings. The van der Waals surface area contributed by atoms with Gasteiger partial charge in [0.15, 0.2) is 23.1 Å².